The minimum atomic E-state index is -0.557. The molecule has 196 valence electrons. The van der Waals surface area contributed by atoms with Crippen LogP contribution < -0.4 is 14.8 Å². The van der Waals surface area contributed by atoms with Crippen LogP contribution in [0.1, 0.15) is 16.7 Å². The summed E-state index contributed by atoms with van der Waals surface area (Å²) < 4.78 is 11.5. The van der Waals surface area contributed by atoms with Crippen LogP contribution in [0.4, 0.5) is 5.69 Å². The average molecular weight is 598 g/mol. The number of carbonyl (C=O) groups excluding carboxylic acids is 1. The third kappa shape index (κ3) is 7.92. The summed E-state index contributed by atoms with van der Waals surface area (Å²) >= 11 is 24.5. The number of rotatable bonds is 9. The molecular formula is C30H20Cl4N2O3. The molecule has 4 aromatic rings. The van der Waals surface area contributed by atoms with Crippen molar-refractivity contribution in [1.82, 2.24) is 0 Å². The lowest BCUT2D eigenvalue weighted by Gasteiger charge is -2.10. The molecule has 0 spiro atoms. The largest absolute Gasteiger partial charge is 0.489 e. The summed E-state index contributed by atoms with van der Waals surface area (Å²) in [5.41, 5.74) is 2.68. The van der Waals surface area contributed by atoms with Gasteiger partial charge in [0.25, 0.3) is 5.91 Å². The van der Waals surface area contributed by atoms with Crippen LogP contribution in [0.3, 0.4) is 0 Å². The molecule has 0 bridgehead atoms. The highest BCUT2D eigenvalue weighted by Crippen LogP contribution is 2.29. The number of nitriles is 1. The summed E-state index contributed by atoms with van der Waals surface area (Å²) in [6.45, 7) is 0.552. The molecule has 0 unspecified atom stereocenters. The van der Waals surface area contributed by atoms with Crippen molar-refractivity contribution in [3.05, 3.63) is 127 Å². The second kappa shape index (κ2) is 13.4. The van der Waals surface area contributed by atoms with Gasteiger partial charge in [0.1, 0.15) is 36.4 Å². The number of hydrogen-bond donors (Lipinski definition) is 1. The fourth-order valence-electron chi connectivity index (χ4n) is 3.44. The maximum absolute atomic E-state index is 12.7. The zero-order valence-electron chi connectivity index (χ0n) is 20.3. The number of benzene rings is 4. The molecule has 0 aliphatic heterocycles. The Morgan fingerprint density at radius 2 is 1.56 bits per heavy atom. The third-order valence-electron chi connectivity index (χ3n) is 5.47. The fourth-order valence-corrected chi connectivity index (χ4v) is 4.19. The molecule has 0 radical (unpaired) electrons. The zero-order valence-corrected chi connectivity index (χ0v) is 23.3. The number of nitrogens with one attached hydrogen (secondary N) is 1. The third-order valence-corrected chi connectivity index (χ3v) is 6.88. The molecular weight excluding hydrogens is 578 g/mol. The lowest BCUT2D eigenvalue weighted by Crippen LogP contribution is -2.13. The zero-order chi connectivity index (χ0) is 27.8. The van der Waals surface area contributed by atoms with Crippen molar-refractivity contribution >= 4 is 64.1 Å². The Morgan fingerprint density at radius 3 is 2.26 bits per heavy atom. The normalized spacial score (nSPS) is 11.0. The van der Waals surface area contributed by atoms with Crippen molar-refractivity contribution in [3.8, 4) is 17.6 Å². The number of anilines is 1. The van der Waals surface area contributed by atoms with Gasteiger partial charge >= 0.3 is 0 Å². The first-order chi connectivity index (χ1) is 18.8. The first-order valence-electron chi connectivity index (χ1n) is 11.6. The molecule has 0 saturated carbocycles. The van der Waals surface area contributed by atoms with Gasteiger partial charge in [-0.3, -0.25) is 4.79 Å². The molecule has 0 saturated heterocycles. The van der Waals surface area contributed by atoms with E-state index in [2.05, 4.69) is 5.32 Å². The Hall–Kier alpha value is -3.66. The topological polar surface area (TPSA) is 71.3 Å². The molecule has 0 aromatic heterocycles. The van der Waals surface area contributed by atoms with E-state index in [9.17, 15) is 10.1 Å². The smallest absolute Gasteiger partial charge is 0.266 e. The SMILES string of the molecule is N#C/C(=C\c1ccc(OCc2ccc(Cl)c(Cl)c2)c(Cl)c1)C(=O)Nc1ccc(OCc2ccccc2Cl)cc1. The van der Waals surface area contributed by atoms with Crippen molar-refractivity contribution in [2.75, 3.05) is 5.32 Å². The van der Waals surface area contributed by atoms with Gasteiger partial charge in [0.2, 0.25) is 0 Å². The van der Waals surface area contributed by atoms with Gasteiger partial charge in [0.05, 0.1) is 15.1 Å². The lowest BCUT2D eigenvalue weighted by atomic mass is 10.1. The highest BCUT2D eigenvalue weighted by Gasteiger charge is 2.11. The summed E-state index contributed by atoms with van der Waals surface area (Å²) in [6.07, 6.45) is 1.45. The maximum Gasteiger partial charge on any atom is 0.266 e. The molecule has 1 N–H and O–H groups in total. The second-order valence-electron chi connectivity index (χ2n) is 8.26. The monoisotopic (exact) mass is 596 g/mol. The Labute approximate surface area is 246 Å². The molecule has 0 aliphatic carbocycles. The minimum Gasteiger partial charge on any atom is -0.489 e. The van der Waals surface area contributed by atoms with Crippen LogP contribution in [0, 0.1) is 11.3 Å². The first-order valence-corrected chi connectivity index (χ1v) is 13.1. The van der Waals surface area contributed by atoms with Gasteiger partial charge in [0.15, 0.2) is 0 Å². The van der Waals surface area contributed by atoms with Crippen LogP contribution in [-0.4, -0.2) is 5.91 Å². The standard InChI is InChI=1S/C30H20Cl4N2O3/c31-25-4-2-1-3-21(25)18-38-24-9-7-23(8-10-24)36-30(37)22(16-35)13-19-6-12-29(28(34)14-19)39-17-20-5-11-26(32)27(33)15-20/h1-15H,17-18H2,(H,36,37)/b22-13+. The van der Waals surface area contributed by atoms with Crippen molar-refractivity contribution in [1.29, 1.82) is 5.26 Å². The van der Waals surface area contributed by atoms with Gasteiger partial charge in [-0.05, 0) is 71.8 Å². The van der Waals surface area contributed by atoms with Gasteiger partial charge in [-0.25, -0.2) is 0 Å². The summed E-state index contributed by atoms with van der Waals surface area (Å²) in [5, 5.41) is 14.1. The van der Waals surface area contributed by atoms with Crippen molar-refractivity contribution in [3.63, 3.8) is 0 Å². The van der Waals surface area contributed by atoms with Crippen LogP contribution in [0.25, 0.3) is 6.08 Å². The molecule has 9 heteroatoms. The molecule has 4 rings (SSSR count). The van der Waals surface area contributed by atoms with E-state index in [-0.39, 0.29) is 12.2 Å². The lowest BCUT2D eigenvalue weighted by molar-refractivity contribution is -0.112. The highest BCUT2D eigenvalue weighted by molar-refractivity contribution is 6.42. The van der Waals surface area contributed by atoms with E-state index in [0.29, 0.717) is 49.4 Å². The molecule has 0 fully saturated rings. The van der Waals surface area contributed by atoms with E-state index in [1.165, 1.54) is 6.08 Å². The van der Waals surface area contributed by atoms with E-state index in [1.807, 2.05) is 24.3 Å². The Balaban J connectivity index is 1.36. The van der Waals surface area contributed by atoms with Crippen LogP contribution in [0.15, 0.2) is 90.5 Å². The Morgan fingerprint density at radius 1 is 0.795 bits per heavy atom. The number of halogens is 4. The van der Waals surface area contributed by atoms with E-state index in [0.717, 1.165) is 11.1 Å². The van der Waals surface area contributed by atoms with Crippen LogP contribution in [0.2, 0.25) is 20.1 Å². The molecule has 4 aromatic carbocycles. The van der Waals surface area contributed by atoms with E-state index >= 15 is 0 Å². The quantitative estimate of drug-likeness (QED) is 0.154. The Bertz CT molecular complexity index is 1560. The van der Waals surface area contributed by atoms with Gasteiger partial charge in [-0.2, -0.15) is 5.26 Å². The number of ether oxygens (including phenoxy) is 2. The molecule has 0 aliphatic rings. The van der Waals surface area contributed by atoms with Crippen LogP contribution in [-0.2, 0) is 18.0 Å². The van der Waals surface area contributed by atoms with E-state index < -0.39 is 5.91 Å². The van der Waals surface area contributed by atoms with Gasteiger partial charge in [0, 0.05) is 16.3 Å². The second-order valence-corrected chi connectivity index (χ2v) is 9.88. The van der Waals surface area contributed by atoms with Gasteiger partial charge < -0.3 is 14.8 Å². The van der Waals surface area contributed by atoms with Crippen LogP contribution >= 0.6 is 46.4 Å². The molecule has 39 heavy (non-hydrogen) atoms. The maximum atomic E-state index is 12.7. The van der Waals surface area contributed by atoms with E-state index in [1.54, 1.807) is 66.7 Å². The number of amides is 1. The van der Waals surface area contributed by atoms with Crippen molar-refractivity contribution in [2.45, 2.75) is 13.2 Å². The van der Waals surface area contributed by atoms with Crippen molar-refractivity contribution < 1.29 is 14.3 Å². The summed E-state index contributed by atoms with van der Waals surface area (Å²) in [5.74, 6) is 0.498. The summed E-state index contributed by atoms with van der Waals surface area (Å²) in [4.78, 5) is 12.7. The predicted octanol–water partition coefficient (Wildman–Crippen LogP) is 9.00. The molecule has 1 amide bonds. The predicted molar refractivity (Wildman–Crippen MR) is 157 cm³/mol. The molecule has 0 atom stereocenters. The number of carbonyl (C=O) groups is 1. The summed E-state index contributed by atoms with van der Waals surface area (Å²) in [6, 6.07) is 26.4. The average Bonchev–Trinajstić information content (AvgIpc) is 2.93. The summed E-state index contributed by atoms with van der Waals surface area (Å²) in [7, 11) is 0. The van der Waals surface area contributed by atoms with Gasteiger partial charge in [-0.15, -0.1) is 0 Å². The number of nitrogens with zero attached hydrogens (tertiary/aromatic N) is 1. The number of hydrogen-bond acceptors (Lipinski definition) is 4. The fraction of sp³-hybridized carbons (Fsp3) is 0.0667. The van der Waals surface area contributed by atoms with Crippen molar-refractivity contribution in [2.24, 2.45) is 0 Å². The van der Waals surface area contributed by atoms with Crippen LogP contribution in [0.5, 0.6) is 11.5 Å². The Kier molecular flexibility index (Phi) is 9.75. The minimum absolute atomic E-state index is 0.0883. The molecule has 0 heterocycles. The van der Waals surface area contributed by atoms with E-state index in [4.69, 9.17) is 55.9 Å². The highest BCUT2D eigenvalue weighted by atomic mass is 35.5. The molecule has 5 nitrogen and oxygen atoms in total. The van der Waals surface area contributed by atoms with Gasteiger partial charge in [-0.1, -0.05) is 76.7 Å². The first kappa shape index (κ1) is 28.4.